The molecule has 0 saturated heterocycles. The fourth-order valence-electron chi connectivity index (χ4n) is 4.54. The predicted octanol–water partition coefficient (Wildman–Crippen LogP) is 6.84. The monoisotopic (exact) mass is 637 g/mol. The van der Waals surface area contributed by atoms with Crippen molar-refractivity contribution in [2.75, 3.05) is 19.0 Å². The molecule has 1 atom stereocenters. The third kappa shape index (κ3) is 9.23. The van der Waals surface area contributed by atoms with E-state index in [-0.39, 0.29) is 25.5 Å². The molecule has 44 heavy (non-hydrogen) atoms. The minimum absolute atomic E-state index is 0.175. The lowest BCUT2D eigenvalue weighted by Gasteiger charge is -2.18. The number of carbonyl (C=O) groups excluding carboxylic acids is 3. The highest BCUT2D eigenvalue weighted by atomic mass is 35.5. The van der Waals surface area contributed by atoms with Crippen LogP contribution in [-0.4, -0.2) is 41.8 Å². The van der Waals surface area contributed by atoms with Crippen LogP contribution in [0.1, 0.15) is 41.9 Å². The van der Waals surface area contributed by atoms with Crippen LogP contribution in [0.25, 0.3) is 11.3 Å². The average molecular weight is 639 g/mol. The van der Waals surface area contributed by atoms with Crippen LogP contribution in [0.3, 0.4) is 0 Å². The van der Waals surface area contributed by atoms with Gasteiger partial charge in [-0.15, -0.1) is 0 Å². The van der Waals surface area contributed by atoms with Crippen LogP contribution in [0.2, 0.25) is 10.2 Å². The second kappa shape index (κ2) is 15.8. The molecule has 10 nitrogen and oxygen atoms in total. The number of hydrogen-bond donors (Lipinski definition) is 4. The van der Waals surface area contributed by atoms with E-state index in [1.54, 1.807) is 43.3 Å². The van der Waals surface area contributed by atoms with E-state index in [1.807, 2.05) is 36.4 Å². The van der Waals surface area contributed by atoms with Gasteiger partial charge in [-0.25, -0.2) is 14.6 Å². The maximum absolute atomic E-state index is 13.3. The maximum atomic E-state index is 13.3. The Kier molecular flexibility index (Phi) is 11.6. The number of carbonyl (C=O) groups is 3. The number of nitrogens with zero attached hydrogens (tertiary/aromatic N) is 1. The summed E-state index contributed by atoms with van der Waals surface area (Å²) in [6.07, 6.45) is -0.0320. The van der Waals surface area contributed by atoms with Crippen molar-refractivity contribution in [3.05, 3.63) is 105 Å². The average Bonchev–Trinajstić information content (AvgIpc) is 3.41. The fourth-order valence-corrected chi connectivity index (χ4v) is 4.98. The first-order chi connectivity index (χ1) is 21.2. The Morgan fingerprint density at radius 2 is 1.70 bits per heavy atom. The first-order valence-corrected chi connectivity index (χ1v) is 14.7. The SMILES string of the molecule is CCOC(=O)NCc1ccc(Cl)cc1CCC(=O)N[C@@H](Cc1ccccc1)c1nc(-c2ccc(NC(=O)OC)cc2)c(Cl)[nH]1. The minimum atomic E-state index is -0.572. The second-order valence-corrected chi connectivity index (χ2v) is 10.6. The molecule has 0 fully saturated rings. The van der Waals surface area contributed by atoms with Gasteiger partial charge >= 0.3 is 12.2 Å². The van der Waals surface area contributed by atoms with Gasteiger partial charge in [-0.05, 0) is 60.7 Å². The van der Waals surface area contributed by atoms with E-state index in [2.05, 4.69) is 25.7 Å². The molecule has 1 aromatic heterocycles. The van der Waals surface area contributed by atoms with Crippen molar-refractivity contribution in [3.63, 3.8) is 0 Å². The van der Waals surface area contributed by atoms with Crippen molar-refractivity contribution in [2.24, 2.45) is 0 Å². The maximum Gasteiger partial charge on any atom is 0.411 e. The number of methoxy groups -OCH3 is 1. The van der Waals surface area contributed by atoms with E-state index in [4.69, 9.17) is 32.9 Å². The number of aromatic amines is 1. The minimum Gasteiger partial charge on any atom is -0.453 e. The van der Waals surface area contributed by atoms with Gasteiger partial charge in [-0.2, -0.15) is 0 Å². The zero-order valence-electron chi connectivity index (χ0n) is 24.3. The molecule has 0 aliphatic rings. The lowest BCUT2D eigenvalue weighted by atomic mass is 10.0. The molecule has 0 radical (unpaired) electrons. The van der Waals surface area contributed by atoms with Gasteiger partial charge in [0.05, 0.1) is 19.8 Å². The lowest BCUT2D eigenvalue weighted by Crippen LogP contribution is -2.31. The molecule has 0 unspecified atom stereocenters. The molecular formula is C32H33Cl2N5O5. The zero-order valence-corrected chi connectivity index (χ0v) is 25.8. The van der Waals surface area contributed by atoms with Crippen molar-refractivity contribution in [1.29, 1.82) is 0 Å². The molecule has 0 aliphatic carbocycles. The number of aromatic nitrogens is 2. The van der Waals surface area contributed by atoms with Crippen LogP contribution in [-0.2, 0) is 33.7 Å². The van der Waals surface area contributed by atoms with Crippen LogP contribution in [0.5, 0.6) is 0 Å². The number of amides is 3. The lowest BCUT2D eigenvalue weighted by molar-refractivity contribution is -0.121. The highest BCUT2D eigenvalue weighted by Crippen LogP contribution is 2.29. The van der Waals surface area contributed by atoms with E-state index >= 15 is 0 Å². The molecule has 4 N–H and O–H groups in total. The predicted molar refractivity (Wildman–Crippen MR) is 170 cm³/mol. The van der Waals surface area contributed by atoms with Gasteiger partial charge in [0.25, 0.3) is 0 Å². The van der Waals surface area contributed by atoms with E-state index in [0.29, 0.717) is 40.2 Å². The Balaban J connectivity index is 1.50. The summed E-state index contributed by atoms with van der Waals surface area (Å²) in [5.74, 6) is 0.309. The Morgan fingerprint density at radius 1 is 0.955 bits per heavy atom. The number of H-pyrrole nitrogens is 1. The van der Waals surface area contributed by atoms with Crippen molar-refractivity contribution >= 4 is 47.0 Å². The molecule has 3 amide bonds. The number of hydrogen-bond acceptors (Lipinski definition) is 6. The highest BCUT2D eigenvalue weighted by Gasteiger charge is 2.22. The van der Waals surface area contributed by atoms with E-state index in [1.165, 1.54) is 7.11 Å². The summed E-state index contributed by atoms with van der Waals surface area (Å²) in [6, 6.07) is 21.6. The molecule has 0 bridgehead atoms. The second-order valence-electron chi connectivity index (χ2n) is 9.78. The van der Waals surface area contributed by atoms with Gasteiger partial charge in [-0.3, -0.25) is 10.1 Å². The van der Waals surface area contributed by atoms with Crippen molar-refractivity contribution in [1.82, 2.24) is 20.6 Å². The molecule has 1 heterocycles. The summed E-state index contributed by atoms with van der Waals surface area (Å²) >= 11 is 12.8. The number of aryl methyl sites for hydroxylation is 1. The number of halogens is 2. The topological polar surface area (TPSA) is 134 Å². The molecule has 0 saturated carbocycles. The largest absolute Gasteiger partial charge is 0.453 e. The first-order valence-electron chi connectivity index (χ1n) is 14.0. The summed E-state index contributed by atoms with van der Waals surface area (Å²) in [5.41, 5.74) is 4.48. The third-order valence-corrected chi connectivity index (χ3v) is 7.21. The fraction of sp³-hybridized carbons (Fsp3) is 0.250. The van der Waals surface area contributed by atoms with Gasteiger partial charge in [0.2, 0.25) is 5.91 Å². The third-order valence-electron chi connectivity index (χ3n) is 6.70. The number of nitrogens with one attached hydrogen (secondary N) is 4. The van der Waals surface area contributed by atoms with E-state index < -0.39 is 18.2 Å². The zero-order chi connectivity index (χ0) is 31.5. The summed E-state index contributed by atoms with van der Waals surface area (Å²) < 4.78 is 9.57. The summed E-state index contributed by atoms with van der Waals surface area (Å²) in [5, 5.41) is 9.27. The normalized spacial score (nSPS) is 11.4. The number of benzene rings is 3. The van der Waals surface area contributed by atoms with Gasteiger partial charge in [0.1, 0.15) is 16.7 Å². The van der Waals surface area contributed by atoms with Gasteiger partial charge in [0.15, 0.2) is 0 Å². The molecule has 3 aromatic carbocycles. The molecule has 0 aliphatic heterocycles. The van der Waals surface area contributed by atoms with Crippen LogP contribution in [0.15, 0.2) is 72.8 Å². The number of ether oxygens (including phenoxy) is 2. The summed E-state index contributed by atoms with van der Waals surface area (Å²) in [7, 11) is 1.29. The molecule has 0 spiro atoms. The smallest absolute Gasteiger partial charge is 0.411 e. The summed E-state index contributed by atoms with van der Waals surface area (Å²) in [6.45, 7) is 2.25. The van der Waals surface area contributed by atoms with Gasteiger partial charge in [-0.1, -0.05) is 71.7 Å². The van der Waals surface area contributed by atoms with E-state index in [9.17, 15) is 14.4 Å². The van der Waals surface area contributed by atoms with Crippen LogP contribution in [0, 0.1) is 0 Å². The molecule has 230 valence electrons. The standard InChI is InChI=1S/C32H33Cl2N5O5/c1-3-44-31(41)35-19-23-9-13-24(33)18-22(23)12-16-27(40)37-26(17-20-7-5-4-6-8-20)30-38-28(29(34)39-30)21-10-14-25(15-11-21)36-32(42)43-2/h4-11,13-15,18,26H,3,12,16-17,19H2,1-2H3,(H,35,41)(H,36,42)(H,37,40)(H,38,39)/t26-/m0/s1. The van der Waals surface area contributed by atoms with Crippen molar-refractivity contribution in [2.45, 2.75) is 38.8 Å². The van der Waals surface area contributed by atoms with Crippen molar-refractivity contribution in [3.8, 4) is 11.3 Å². The Bertz CT molecular complexity index is 1580. The van der Waals surface area contributed by atoms with Crippen molar-refractivity contribution < 1.29 is 23.9 Å². The van der Waals surface area contributed by atoms with E-state index in [0.717, 1.165) is 22.3 Å². The molecule has 12 heteroatoms. The molecular weight excluding hydrogens is 605 g/mol. The van der Waals surface area contributed by atoms with Crippen LogP contribution >= 0.6 is 23.2 Å². The Hall–Kier alpha value is -4.54. The Morgan fingerprint density at radius 3 is 2.41 bits per heavy atom. The van der Waals surface area contributed by atoms with Gasteiger partial charge in [0, 0.05) is 29.2 Å². The molecule has 4 rings (SSSR count). The number of alkyl carbamates (subject to hydrolysis) is 1. The molecule has 4 aromatic rings. The van der Waals surface area contributed by atoms with Crippen LogP contribution < -0.4 is 16.0 Å². The Labute approximate surface area is 265 Å². The first kappa shape index (κ1) is 32.4. The van der Waals surface area contributed by atoms with Gasteiger partial charge < -0.3 is 25.1 Å². The number of imidazole rings is 1. The summed E-state index contributed by atoms with van der Waals surface area (Å²) in [4.78, 5) is 44.5. The van der Waals surface area contributed by atoms with Crippen LogP contribution in [0.4, 0.5) is 15.3 Å². The highest BCUT2D eigenvalue weighted by molar-refractivity contribution is 6.32. The number of rotatable bonds is 12. The quantitative estimate of drug-likeness (QED) is 0.134. The number of anilines is 1.